The number of aromatic amines is 1. The molecule has 4 aromatic rings. The molecule has 2 heterocycles. The number of nitrogens with one attached hydrogen (secondary N) is 1. The molecule has 12 heteroatoms. The second kappa shape index (κ2) is 13.2. The molecule has 3 aromatic carbocycles. The van der Waals surface area contributed by atoms with E-state index < -0.39 is 43.9 Å². The molecule has 43 heavy (non-hydrogen) atoms. The van der Waals surface area contributed by atoms with Crippen molar-refractivity contribution in [1.82, 2.24) is 9.55 Å². The molecule has 1 aromatic heterocycles. The third-order valence-electron chi connectivity index (χ3n) is 7.50. The number of methoxy groups -OCH3 is 2. The first kappa shape index (κ1) is 30.6. The van der Waals surface area contributed by atoms with Gasteiger partial charge in [0.05, 0.1) is 26.9 Å². The predicted octanol–water partition coefficient (Wildman–Crippen LogP) is 3.76. The first-order chi connectivity index (χ1) is 20.7. The number of aryl methyl sites for hydroxylation is 1. The minimum atomic E-state index is -2.74. The highest BCUT2D eigenvalue weighted by Crippen LogP contribution is 2.44. The van der Waals surface area contributed by atoms with Crippen molar-refractivity contribution in [2.75, 3.05) is 20.8 Å². The van der Waals surface area contributed by atoms with E-state index in [0.717, 1.165) is 16.7 Å². The maximum Gasteiger partial charge on any atom is 0.330 e. The summed E-state index contributed by atoms with van der Waals surface area (Å²) in [5, 5.41) is 0. The van der Waals surface area contributed by atoms with Crippen molar-refractivity contribution in [2.24, 2.45) is 0 Å². The van der Waals surface area contributed by atoms with E-state index in [1.165, 1.54) is 10.8 Å². The van der Waals surface area contributed by atoms with Crippen LogP contribution in [0.2, 0.25) is 0 Å². The van der Waals surface area contributed by atoms with Crippen LogP contribution in [0.1, 0.15) is 34.9 Å². The van der Waals surface area contributed by atoms with Gasteiger partial charge in [0.1, 0.15) is 29.4 Å². The summed E-state index contributed by atoms with van der Waals surface area (Å²) in [4.78, 5) is 46.3. The van der Waals surface area contributed by atoms with E-state index in [1.54, 1.807) is 21.1 Å². The summed E-state index contributed by atoms with van der Waals surface area (Å²) in [6.07, 6.45) is -0.957. The van der Waals surface area contributed by atoms with Crippen molar-refractivity contribution in [2.45, 2.75) is 37.4 Å². The zero-order valence-electron chi connectivity index (χ0n) is 23.9. The van der Waals surface area contributed by atoms with E-state index in [1.807, 2.05) is 78.9 Å². The summed E-state index contributed by atoms with van der Waals surface area (Å²) < 4.78 is 30.7. The Bertz CT molecular complexity index is 1580. The van der Waals surface area contributed by atoms with Gasteiger partial charge in [-0.3, -0.25) is 14.3 Å². The number of H-pyrrole nitrogens is 1. The Morgan fingerprint density at radius 3 is 2.00 bits per heavy atom. The molecule has 0 unspecified atom stereocenters. The lowest BCUT2D eigenvalue weighted by Crippen LogP contribution is -2.38. The number of hydrogen-bond acceptors (Lipinski definition) is 9. The van der Waals surface area contributed by atoms with Gasteiger partial charge in [-0.15, -0.1) is 0 Å². The lowest BCUT2D eigenvalue weighted by atomic mass is 9.80. The van der Waals surface area contributed by atoms with Crippen LogP contribution in [-0.4, -0.2) is 52.4 Å². The molecule has 5 rings (SSSR count). The largest absolute Gasteiger partial charge is 0.497 e. The Kier molecular flexibility index (Phi) is 9.41. The maximum absolute atomic E-state index is 12.6. The van der Waals surface area contributed by atoms with Gasteiger partial charge in [0.25, 0.3) is 5.56 Å². The molecular weight excluding hydrogens is 575 g/mol. The summed E-state index contributed by atoms with van der Waals surface area (Å²) in [7, 11) is 0.459. The quantitative estimate of drug-likeness (QED) is 0.171. The SMILES string of the molecule is COc1ccc(C(OC[C@H]2O[C@@H](n3cc(C)c(=O)[nH]c3=O)C[C@@H]2OP(O)O)(c2ccccc2)c2ccc(OC)cc2)cc1. The average Bonchev–Trinajstić information content (AvgIpc) is 3.41. The summed E-state index contributed by atoms with van der Waals surface area (Å²) >= 11 is 0. The molecule has 1 fully saturated rings. The Morgan fingerprint density at radius 2 is 1.47 bits per heavy atom. The number of hydrogen-bond donors (Lipinski definition) is 3. The van der Waals surface area contributed by atoms with Crippen LogP contribution < -0.4 is 20.7 Å². The zero-order chi connectivity index (χ0) is 30.6. The second-order valence-electron chi connectivity index (χ2n) is 10.1. The van der Waals surface area contributed by atoms with Gasteiger partial charge in [0, 0.05) is 18.2 Å². The summed E-state index contributed by atoms with van der Waals surface area (Å²) in [6.45, 7) is 1.52. The second-order valence-corrected chi connectivity index (χ2v) is 10.8. The highest BCUT2D eigenvalue weighted by Gasteiger charge is 2.43. The van der Waals surface area contributed by atoms with Crippen molar-refractivity contribution in [3.8, 4) is 11.5 Å². The zero-order valence-corrected chi connectivity index (χ0v) is 24.8. The lowest BCUT2D eigenvalue weighted by molar-refractivity contribution is -0.0923. The van der Waals surface area contributed by atoms with E-state index in [2.05, 4.69) is 4.98 Å². The molecule has 0 amide bonds. The fourth-order valence-electron chi connectivity index (χ4n) is 5.33. The van der Waals surface area contributed by atoms with E-state index >= 15 is 0 Å². The minimum Gasteiger partial charge on any atom is -0.497 e. The van der Waals surface area contributed by atoms with E-state index in [9.17, 15) is 19.4 Å². The smallest absolute Gasteiger partial charge is 0.330 e. The number of ether oxygens (including phenoxy) is 4. The van der Waals surface area contributed by atoms with Crippen molar-refractivity contribution in [1.29, 1.82) is 0 Å². The molecule has 11 nitrogen and oxygen atoms in total. The van der Waals surface area contributed by atoms with Crippen molar-refractivity contribution < 1.29 is 33.3 Å². The molecule has 3 atom stereocenters. The molecule has 1 aliphatic heterocycles. The highest BCUT2D eigenvalue weighted by molar-refractivity contribution is 7.39. The molecule has 1 aliphatic rings. The highest BCUT2D eigenvalue weighted by atomic mass is 31.2. The topological polar surface area (TPSA) is 141 Å². The van der Waals surface area contributed by atoms with E-state index in [4.69, 9.17) is 23.5 Å². The third kappa shape index (κ3) is 6.42. The Hall–Kier alpha value is -3.83. The van der Waals surface area contributed by atoms with Crippen LogP contribution in [0.3, 0.4) is 0 Å². The molecule has 0 bridgehead atoms. The molecule has 1 saturated heterocycles. The summed E-state index contributed by atoms with van der Waals surface area (Å²) in [5.41, 5.74) is 0.469. The van der Waals surface area contributed by atoms with Gasteiger partial charge < -0.3 is 33.3 Å². The van der Waals surface area contributed by atoms with Gasteiger partial charge >= 0.3 is 14.3 Å². The van der Waals surface area contributed by atoms with Crippen LogP contribution in [-0.2, 0) is 19.6 Å². The third-order valence-corrected chi connectivity index (χ3v) is 7.96. The van der Waals surface area contributed by atoms with Crippen LogP contribution in [0, 0.1) is 6.92 Å². The number of benzene rings is 3. The number of aromatic nitrogens is 2. The fraction of sp³-hybridized carbons (Fsp3) is 0.290. The standard InChI is InChI=1S/C31H33N2O9P/c1-20-18-33(30(35)32-29(20)34)28-17-26(42-43(36)37)27(41-28)19-40-31(21-7-5-4-6-8-21,22-9-13-24(38-2)14-10-22)23-11-15-25(39-3)16-12-23/h4-16,18,26-28,36-37H,17,19H2,1-3H3,(H,32,34,35)/t26-,27+,28+/m0/s1. The number of rotatable bonds is 11. The van der Waals surface area contributed by atoms with Crippen LogP contribution >= 0.6 is 8.60 Å². The predicted molar refractivity (Wildman–Crippen MR) is 159 cm³/mol. The van der Waals surface area contributed by atoms with Crippen LogP contribution in [0.5, 0.6) is 11.5 Å². The van der Waals surface area contributed by atoms with Crippen molar-refractivity contribution >= 4 is 8.60 Å². The molecule has 0 radical (unpaired) electrons. The average molecular weight is 609 g/mol. The monoisotopic (exact) mass is 608 g/mol. The molecule has 3 N–H and O–H groups in total. The van der Waals surface area contributed by atoms with Crippen LogP contribution in [0.4, 0.5) is 0 Å². The van der Waals surface area contributed by atoms with Gasteiger partial charge in [-0.05, 0) is 47.9 Å². The van der Waals surface area contributed by atoms with Gasteiger partial charge in [-0.2, -0.15) is 0 Å². The molecule has 0 saturated carbocycles. The lowest BCUT2D eigenvalue weighted by Gasteiger charge is -2.37. The van der Waals surface area contributed by atoms with E-state index in [0.29, 0.717) is 17.1 Å². The number of nitrogens with zero attached hydrogens (tertiary/aromatic N) is 1. The normalized spacial score (nSPS) is 18.6. The molecule has 226 valence electrons. The minimum absolute atomic E-state index is 0.0611. The Labute approximate surface area is 249 Å². The molecule has 0 spiro atoms. The van der Waals surface area contributed by atoms with E-state index in [-0.39, 0.29) is 13.0 Å². The van der Waals surface area contributed by atoms with Gasteiger partial charge in [-0.25, -0.2) is 4.79 Å². The molecular formula is C31H33N2O9P. The van der Waals surface area contributed by atoms with Gasteiger partial charge in [0.2, 0.25) is 0 Å². The van der Waals surface area contributed by atoms with Crippen molar-refractivity contribution in [3.63, 3.8) is 0 Å². The summed E-state index contributed by atoms with van der Waals surface area (Å²) in [6, 6.07) is 24.8. The summed E-state index contributed by atoms with van der Waals surface area (Å²) in [5.74, 6) is 1.36. The Balaban J connectivity index is 1.57. The first-order valence-electron chi connectivity index (χ1n) is 13.6. The fourth-order valence-corrected chi connectivity index (χ4v) is 5.80. The first-order valence-corrected chi connectivity index (χ1v) is 14.7. The van der Waals surface area contributed by atoms with Gasteiger partial charge in [-0.1, -0.05) is 54.6 Å². The van der Waals surface area contributed by atoms with Gasteiger partial charge in [0.15, 0.2) is 0 Å². The van der Waals surface area contributed by atoms with Crippen LogP contribution in [0.15, 0.2) is 94.6 Å². The van der Waals surface area contributed by atoms with Crippen LogP contribution in [0.25, 0.3) is 0 Å². The Morgan fingerprint density at radius 1 is 0.907 bits per heavy atom. The molecule has 0 aliphatic carbocycles. The maximum atomic E-state index is 12.6. The van der Waals surface area contributed by atoms with Crippen molar-refractivity contribution in [3.05, 3.63) is 128 Å².